The molecule has 0 aliphatic rings. The molecule has 186 valence electrons. The van der Waals surface area contributed by atoms with E-state index in [4.69, 9.17) is 0 Å². The molecule has 0 aliphatic carbocycles. The first-order valence-electron chi connectivity index (χ1n) is 11.4. The van der Waals surface area contributed by atoms with Gasteiger partial charge in [0.15, 0.2) is 0 Å². The highest BCUT2D eigenvalue weighted by molar-refractivity contribution is 9.10. The molecule has 0 fully saturated rings. The highest BCUT2D eigenvalue weighted by atomic mass is 79.9. The van der Waals surface area contributed by atoms with E-state index in [9.17, 15) is 18.0 Å². The van der Waals surface area contributed by atoms with Gasteiger partial charge in [-0.15, -0.1) is 0 Å². The Labute approximate surface area is 211 Å². The maximum absolute atomic E-state index is 13.6. The summed E-state index contributed by atoms with van der Waals surface area (Å²) >= 11 is 3.34. The topological polar surface area (TPSA) is 86.8 Å². The zero-order valence-corrected chi connectivity index (χ0v) is 22.7. The molecule has 1 unspecified atom stereocenters. The highest BCUT2D eigenvalue weighted by Crippen LogP contribution is 2.22. The molecule has 2 aromatic carbocycles. The lowest BCUT2D eigenvalue weighted by Gasteiger charge is -2.33. The van der Waals surface area contributed by atoms with E-state index in [2.05, 4.69) is 21.2 Å². The summed E-state index contributed by atoms with van der Waals surface area (Å²) in [6.45, 7) is 6.21. The smallest absolute Gasteiger partial charge is 0.244 e. The van der Waals surface area contributed by atoms with Crippen LogP contribution in [-0.2, 0) is 26.2 Å². The zero-order chi connectivity index (χ0) is 25.3. The Morgan fingerprint density at radius 1 is 1.03 bits per heavy atom. The van der Waals surface area contributed by atoms with Crippen molar-refractivity contribution in [1.29, 1.82) is 0 Å². The Hall–Kier alpha value is -2.39. The largest absolute Gasteiger partial charge is 0.354 e. The van der Waals surface area contributed by atoms with Crippen LogP contribution < -0.4 is 9.62 Å². The van der Waals surface area contributed by atoms with Crippen LogP contribution in [0.15, 0.2) is 53.0 Å². The van der Waals surface area contributed by atoms with Gasteiger partial charge < -0.3 is 10.2 Å². The van der Waals surface area contributed by atoms with Crippen molar-refractivity contribution in [3.05, 3.63) is 64.1 Å². The number of nitrogens with zero attached hydrogens (tertiary/aromatic N) is 2. The van der Waals surface area contributed by atoms with E-state index in [0.717, 1.165) is 39.0 Å². The first-order valence-corrected chi connectivity index (χ1v) is 14.1. The van der Waals surface area contributed by atoms with Crippen molar-refractivity contribution in [2.24, 2.45) is 0 Å². The van der Waals surface area contributed by atoms with Crippen LogP contribution >= 0.6 is 15.9 Å². The summed E-state index contributed by atoms with van der Waals surface area (Å²) < 4.78 is 27.0. The third-order valence-corrected chi connectivity index (χ3v) is 7.15. The van der Waals surface area contributed by atoms with E-state index in [0.29, 0.717) is 18.7 Å². The van der Waals surface area contributed by atoms with Crippen LogP contribution in [0.4, 0.5) is 5.69 Å². The summed E-state index contributed by atoms with van der Waals surface area (Å²) in [4.78, 5) is 28.1. The van der Waals surface area contributed by atoms with Gasteiger partial charge in [0.1, 0.15) is 12.6 Å². The Bertz CT molecular complexity index is 1060. The minimum atomic E-state index is -3.74. The van der Waals surface area contributed by atoms with Gasteiger partial charge in [-0.3, -0.25) is 13.9 Å². The summed E-state index contributed by atoms with van der Waals surface area (Å²) in [7, 11) is -3.74. The standard InChI is InChI=1S/C25H34BrN3O4S/c1-5-7-16-27-25(31)23(6-2)28(17-20-10-8-19(3)9-11-20)24(30)18-29(34(4,32)33)22-14-12-21(26)13-15-22/h8-15,23H,5-7,16-18H2,1-4H3,(H,27,31). The Balaban J connectivity index is 2.37. The van der Waals surface area contributed by atoms with Crippen molar-refractivity contribution < 1.29 is 18.0 Å². The van der Waals surface area contributed by atoms with Gasteiger partial charge in [0, 0.05) is 17.6 Å². The summed E-state index contributed by atoms with van der Waals surface area (Å²) in [6, 6.07) is 13.7. The van der Waals surface area contributed by atoms with Crippen molar-refractivity contribution in [2.45, 2.75) is 52.6 Å². The monoisotopic (exact) mass is 551 g/mol. The molecule has 0 bridgehead atoms. The molecule has 0 heterocycles. The van der Waals surface area contributed by atoms with E-state index < -0.39 is 28.5 Å². The summed E-state index contributed by atoms with van der Waals surface area (Å²) in [6.07, 6.45) is 3.27. The van der Waals surface area contributed by atoms with Gasteiger partial charge in [0.25, 0.3) is 0 Å². The Morgan fingerprint density at radius 3 is 2.18 bits per heavy atom. The molecule has 0 aliphatic heterocycles. The van der Waals surface area contributed by atoms with Gasteiger partial charge in [-0.1, -0.05) is 66.0 Å². The molecule has 9 heteroatoms. The second-order valence-electron chi connectivity index (χ2n) is 8.32. The molecular formula is C25H34BrN3O4S. The SMILES string of the molecule is CCCCNC(=O)C(CC)N(Cc1ccc(C)cc1)C(=O)CN(c1ccc(Br)cc1)S(C)(=O)=O. The number of halogens is 1. The average Bonchev–Trinajstić information content (AvgIpc) is 2.78. The van der Waals surface area contributed by atoms with Crippen molar-refractivity contribution in [3.63, 3.8) is 0 Å². The number of carbonyl (C=O) groups excluding carboxylic acids is 2. The minimum Gasteiger partial charge on any atom is -0.354 e. The third-order valence-electron chi connectivity index (χ3n) is 5.48. The number of benzene rings is 2. The number of amides is 2. The lowest BCUT2D eigenvalue weighted by Crippen LogP contribution is -2.52. The van der Waals surface area contributed by atoms with Crippen molar-refractivity contribution in [1.82, 2.24) is 10.2 Å². The average molecular weight is 553 g/mol. The van der Waals surface area contributed by atoms with Crippen molar-refractivity contribution in [3.8, 4) is 0 Å². The van der Waals surface area contributed by atoms with Gasteiger partial charge in [-0.2, -0.15) is 0 Å². The Kier molecular flexibility index (Phi) is 10.6. The molecule has 2 amide bonds. The lowest BCUT2D eigenvalue weighted by atomic mass is 10.1. The van der Waals surface area contributed by atoms with Crippen LogP contribution in [0.5, 0.6) is 0 Å². The molecule has 0 radical (unpaired) electrons. The van der Waals surface area contributed by atoms with E-state index >= 15 is 0 Å². The van der Waals surface area contributed by atoms with Crippen molar-refractivity contribution in [2.75, 3.05) is 23.7 Å². The fourth-order valence-corrected chi connectivity index (χ4v) is 4.65. The Morgan fingerprint density at radius 2 is 1.65 bits per heavy atom. The maximum atomic E-state index is 13.6. The van der Waals surface area contributed by atoms with Crippen LogP contribution in [0.3, 0.4) is 0 Å². The molecule has 1 atom stereocenters. The van der Waals surface area contributed by atoms with E-state index in [1.54, 1.807) is 24.3 Å². The molecule has 0 saturated heterocycles. The van der Waals surface area contributed by atoms with Crippen LogP contribution in [0, 0.1) is 6.92 Å². The zero-order valence-electron chi connectivity index (χ0n) is 20.3. The number of carbonyl (C=O) groups is 2. The summed E-state index contributed by atoms with van der Waals surface area (Å²) in [5.41, 5.74) is 2.34. The number of sulfonamides is 1. The number of anilines is 1. The van der Waals surface area contributed by atoms with Crippen LogP contribution in [0.2, 0.25) is 0 Å². The number of unbranched alkanes of at least 4 members (excludes halogenated alkanes) is 1. The first kappa shape index (κ1) is 27.9. The van der Waals surface area contributed by atoms with Crippen LogP contribution in [0.1, 0.15) is 44.2 Å². The lowest BCUT2D eigenvalue weighted by molar-refractivity contribution is -0.140. The highest BCUT2D eigenvalue weighted by Gasteiger charge is 2.31. The normalized spacial score (nSPS) is 12.1. The van der Waals surface area contributed by atoms with Gasteiger partial charge >= 0.3 is 0 Å². The quantitative estimate of drug-likeness (QED) is 0.399. The first-order chi connectivity index (χ1) is 16.1. The number of nitrogens with one attached hydrogen (secondary N) is 1. The van der Waals surface area contributed by atoms with Crippen LogP contribution in [0.25, 0.3) is 0 Å². The number of aryl methyl sites for hydroxylation is 1. The molecule has 2 rings (SSSR count). The van der Waals surface area contributed by atoms with Gasteiger partial charge in [0.2, 0.25) is 21.8 Å². The third kappa shape index (κ3) is 8.13. The predicted molar refractivity (Wildman–Crippen MR) is 140 cm³/mol. The maximum Gasteiger partial charge on any atom is 0.244 e. The van der Waals surface area contributed by atoms with E-state index in [-0.39, 0.29) is 12.5 Å². The molecule has 1 N–H and O–H groups in total. The number of hydrogen-bond donors (Lipinski definition) is 1. The second-order valence-corrected chi connectivity index (χ2v) is 11.1. The minimum absolute atomic E-state index is 0.205. The van der Waals surface area contributed by atoms with Gasteiger partial charge in [0.05, 0.1) is 11.9 Å². The molecule has 2 aromatic rings. The molecule has 7 nitrogen and oxygen atoms in total. The number of hydrogen-bond acceptors (Lipinski definition) is 4. The number of rotatable bonds is 12. The van der Waals surface area contributed by atoms with Crippen LogP contribution in [-0.4, -0.2) is 50.5 Å². The second kappa shape index (κ2) is 12.9. The van der Waals surface area contributed by atoms with Gasteiger partial charge in [-0.05, 0) is 49.6 Å². The summed E-state index contributed by atoms with van der Waals surface area (Å²) in [5, 5.41) is 2.92. The molecule has 0 spiro atoms. The summed E-state index contributed by atoms with van der Waals surface area (Å²) in [5.74, 6) is -0.669. The molecule has 0 saturated carbocycles. The predicted octanol–water partition coefficient (Wildman–Crippen LogP) is 4.25. The van der Waals surface area contributed by atoms with Gasteiger partial charge in [-0.25, -0.2) is 8.42 Å². The molecular weight excluding hydrogens is 518 g/mol. The van der Waals surface area contributed by atoms with Crippen molar-refractivity contribution >= 4 is 43.5 Å². The van der Waals surface area contributed by atoms with E-state index in [1.165, 1.54) is 4.90 Å². The van der Waals surface area contributed by atoms with E-state index in [1.807, 2.05) is 45.0 Å². The fraction of sp³-hybridized carbons (Fsp3) is 0.440. The molecule has 34 heavy (non-hydrogen) atoms. The fourth-order valence-electron chi connectivity index (χ4n) is 3.54. The molecule has 0 aromatic heterocycles.